The summed E-state index contributed by atoms with van der Waals surface area (Å²) in [5.74, 6) is 0.601. The molecule has 0 unspecified atom stereocenters. The fourth-order valence-corrected chi connectivity index (χ4v) is 4.58. The van der Waals surface area contributed by atoms with E-state index in [1.165, 1.54) is 0 Å². The number of thioether (sulfide) groups is 1. The number of aromatic nitrogens is 2. The predicted molar refractivity (Wildman–Crippen MR) is 117 cm³/mol. The van der Waals surface area contributed by atoms with Crippen LogP contribution in [-0.2, 0) is 19.1 Å². The van der Waals surface area contributed by atoms with Crippen molar-refractivity contribution in [2.24, 2.45) is 0 Å². The van der Waals surface area contributed by atoms with Crippen LogP contribution in [0.5, 0.6) is 11.5 Å². The molecule has 1 aromatic heterocycles. The second-order valence-electron chi connectivity index (χ2n) is 7.74. The number of ether oxygens (including phenoxy) is 4. The van der Waals surface area contributed by atoms with E-state index in [0.29, 0.717) is 30.7 Å². The molecule has 0 radical (unpaired) electrons. The molecule has 3 aliphatic heterocycles. The number of aliphatic carboxylic acids is 1. The van der Waals surface area contributed by atoms with Crippen molar-refractivity contribution in [2.75, 3.05) is 36.8 Å². The zero-order valence-electron chi connectivity index (χ0n) is 17.4. The first kappa shape index (κ1) is 21.7. The molecule has 3 N–H and O–H groups in total. The van der Waals surface area contributed by atoms with Gasteiger partial charge in [-0.1, -0.05) is 0 Å². The Morgan fingerprint density at radius 1 is 1.06 bits per heavy atom. The highest BCUT2D eigenvalue weighted by atomic mass is 32.2. The van der Waals surface area contributed by atoms with Gasteiger partial charge >= 0.3 is 5.97 Å². The van der Waals surface area contributed by atoms with Gasteiger partial charge in [-0.3, -0.25) is 9.59 Å². The Bertz CT molecular complexity index is 1060. The molecule has 174 valence electrons. The molecule has 0 aliphatic carbocycles. The minimum Gasteiger partial charge on any atom is -0.481 e. The summed E-state index contributed by atoms with van der Waals surface area (Å²) in [6, 6.07) is 6.99. The van der Waals surface area contributed by atoms with Gasteiger partial charge in [0.05, 0.1) is 42.5 Å². The first-order chi connectivity index (χ1) is 16.1. The van der Waals surface area contributed by atoms with E-state index in [1.54, 1.807) is 6.20 Å². The third kappa shape index (κ3) is 4.82. The number of amides is 1. The number of carboxylic acid groups (broad SMARTS) is 1. The van der Waals surface area contributed by atoms with Crippen LogP contribution in [0.25, 0.3) is 11.3 Å². The van der Waals surface area contributed by atoms with Crippen LogP contribution in [0.1, 0.15) is 0 Å². The lowest BCUT2D eigenvalue weighted by Crippen LogP contribution is -2.45. The maximum absolute atomic E-state index is 12.1. The number of hydrogen-bond acceptors (Lipinski definition) is 10. The normalized spacial score (nSPS) is 25.0. The highest BCUT2D eigenvalue weighted by molar-refractivity contribution is 8.00. The largest absolute Gasteiger partial charge is 0.481 e. The molecule has 0 bridgehead atoms. The average molecular weight is 474 g/mol. The van der Waals surface area contributed by atoms with Crippen LogP contribution >= 0.6 is 11.8 Å². The lowest BCUT2D eigenvalue weighted by Gasteiger charge is -2.18. The van der Waals surface area contributed by atoms with Gasteiger partial charge in [-0.2, -0.15) is 0 Å². The smallest absolute Gasteiger partial charge is 0.313 e. The summed E-state index contributed by atoms with van der Waals surface area (Å²) in [6.45, 7) is 0.913. The van der Waals surface area contributed by atoms with Crippen LogP contribution in [0, 0.1) is 0 Å². The minimum atomic E-state index is -0.949. The first-order valence-corrected chi connectivity index (χ1v) is 11.5. The highest BCUT2D eigenvalue weighted by Crippen LogP contribution is 2.35. The average Bonchev–Trinajstić information content (AvgIpc) is 3.52. The number of fused-ring (bicyclic) bond motifs is 2. The van der Waals surface area contributed by atoms with Crippen LogP contribution in [0.15, 0.2) is 30.5 Å². The van der Waals surface area contributed by atoms with Crippen molar-refractivity contribution in [3.05, 3.63) is 30.5 Å². The summed E-state index contributed by atoms with van der Waals surface area (Å²) in [7, 11) is 0. The van der Waals surface area contributed by atoms with Gasteiger partial charge in [0.25, 0.3) is 0 Å². The van der Waals surface area contributed by atoms with Gasteiger partial charge in [0.1, 0.15) is 12.2 Å². The van der Waals surface area contributed by atoms with E-state index in [-0.39, 0.29) is 48.5 Å². The molecule has 5 rings (SSSR count). The van der Waals surface area contributed by atoms with Gasteiger partial charge in [-0.25, -0.2) is 9.97 Å². The van der Waals surface area contributed by atoms with Crippen molar-refractivity contribution in [3.8, 4) is 22.8 Å². The van der Waals surface area contributed by atoms with Gasteiger partial charge in [0.15, 0.2) is 11.5 Å². The van der Waals surface area contributed by atoms with Crippen LogP contribution < -0.4 is 20.1 Å². The van der Waals surface area contributed by atoms with E-state index >= 15 is 0 Å². The van der Waals surface area contributed by atoms with Crippen molar-refractivity contribution >= 4 is 29.6 Å². The number of nitrogens with zero attached hydrogens (tertiary/aromatic N) is 2. The summed E-state index contributed by atoms with van der Waals surface area (Å²) in [6.07, 6.45) is 1.11. The maximum Gasteiger partial charge on any atom is 0.313 e. The molecule has 3 aliphatic rings. The molecule has 2 aromatic rings. The van der Waals surface area contributed by atoms with Crippen molar-refractivity contribution in [1.82, 2.24) is 15.3 Å². The highest BCUT2D eigenvalue weighted by Gasteiger charge is 2.48. The number of benzene rings is 1. The third-order valence-corrected chi connectivity index (χ3v) is 6.41. The number of hydrogen-bond donors (Lipinski definition) is 3. The zero-order chi connectivity index (χ0) is 22.8. The van der Waals surface area contributed by atoms with Gasteiger partial charge in [0.2, 0.25) is 18.6 Å². The monoisotopic (exact) mass is 474 g/mol. The second-order valence-corrected chi connectivity index (χ2v) is 8.73. The Hall–Kier alpha value is -3.09. The van der Waals surface area contributed by atoms with Crippen LogP contribution in [0.4, 0.5) is 5.95 Å². The summed E-state index contributed by atoms with van der Waals surface area (Å²) in [5, 5.41) is 14.8. The lowest BCUT2D eigenvalue weighted by molar-refractivity contribution is -0.133. The van der Waals surface area contributed by atoms with Crippen LogP contribution in [0.2, 0.25) is 0 Å². The van der Waals surface area contributed by atoms with E-state index in [2.05, 4.69) is 20.6 Å². The van der Waals surface area contributed by atoms with Gasteiger partial charge in [-0.05, 0) is 24.3 Å². The molecule has 4 atom stereocenters. The molecule has 1 aromatic carbocycles. The van der Waals surface area contributed by atoms with Crippen LogP contribution in [0.3, 0.4) is 0 Å². The van der Waals surface area contributed by atoms with Crippen LogP contribution in [-0.4, -0.2) is 82.8 Å². The minimum absolute atomic E-state index is 0.0718. The van der Waals surface area contributed by atoms with Gasteiger partial charge in [0, 0.05) is 11.8 Å². The van der Waals surface area contributed by atoms with Gasteiger partial charge in [-0.15, -0.1) is 11.8 Å². The number of nitrogens with one attached hydrogen (secondary N) is 2. The molecular weight excluding hydrogens is 452 g/mol. The molecule has 2 fully saturated rings. The summed E-state index contributed by atoms with van der Waals surface area (Å²) in [5.41, 5.74) is 1.61. The Kier molecular flexibility index (Phi) is 6.20. The third-order valence-electron chi connectivity index (χ3n) is 5.50. The number of rotatable bonds is 8. The summed E-state index contributed by atoms with van der Waals surface area (Å²) in [4.78, 5) is 31.6. The molecule has 2 saturated heterocycles. The topological polar surface area (TPSA) is 141 Å². The van der Waals surface area contributed by atoms with Crippen molar-refractivity contribution in [2.45, 2.75) is 24.3 Å². The molecular formula is C21H22N4O7S. The molecule has 11 nitrogen and oxygen atoms in total. The van der Waals surface area contributed by atoms with Crippen molar-refractivity contribution in [3.63, 3.8) is 0 Å². The fraction of sp³-hybridized carbons (Fsp3) is 0.429. The molecule has 4 heterocycles. The van der Waals surface area contributed by atoms with E-state index in [1.807, 2.05) is 24.3 Å². The summed E-state index contributed by atoms with van der Waals surface area (Å²) >= 11 is 1.05. The van der Waals surface area contributed by atoms with E-state index in [4.69, 9.17) is 24.1 Å². The van der Waals surface area contributed by atoms with Gasteiger partial charge < -0.3 is 34.7 Å². The molecule has 0 spiro atoms. The molecule has 0 saturated carbocycles. The zero-order valence-corrected chi connectivity index (χ0v) is 18.2. The summed E-state index contributed by atoms with van der Waals surface area (Å²) < 4.78 is 22.6. The van der Waals surface area contributed by atoms with Crippen molar-refractivity contribution in [1.29, 1.82) is 0 Å². The number of anilines is 1. The Labute approximate surface area is 193 Å². The SMILES string of the molecule is O=C(O)CSCC(=O)N[C@H]1CO[C@H]2[C@@H]1OC[C@@H]2Nc1nccc(-c2ccc3c(c2)OCO3)n1. The van der Waals surface area contributed by atoms with E-state index in [0.717, 1.165) is 23.0 Å². The Morgan fingerprint density at radius 2 is 1.85 bits per heavy atom. The predicted octanol–water partition coefficient (Wildman–Crippen LogP) is 0.753. The first-order valence-electron chi connectivity index (χ1n) is 10.4. The lowest BCUT2D eigenvalue weighted by atomic mass is 10.1. The Balaban J connectivity index is 1.19. The number of carboxylic acids is 1. The standard InChI is InChI=1S/C21H22N4O7S/c26-17(8-33-9-18(27)28)23-13-6-29-20-14(7-30-19(13)20)25-21-22-4-3-12(24-21)11-1-2-15-16(5-11)32-10-31-15/h1-5,13-14,19-20H,6-10H2,(H,23,26)(H,27,28)(H,22,24,25)/t13-,14-,19+,20+/m0/s1. The number of carbonyl (C=O) groups is 2. The molecule has 12 heteroatoms. The van der Waals surface area contributed by atoms with E-state index < -0.39 is 5.97 Å². The fourth-order valence-electron chi connectivity index (χ4n) is 4.04. The Morgan fingerprint density at radius 3 is 2.70 bits per heavy atom. The number of carbonyl (C=O) groups excluding carboxylic acids is 1. The molecule has 1 amide bonds. The maximum atomic E-state index is 12.1. The van der Waals surface area contributed by atoms with Crippen molar-refractivity contribution < 1.29 is 33.6 Å². The van der Waals surface area contributed by atoms with E-state index in [9.17, 15) is 9.59 Å². The quantitative estimate of drug-likeness (QED) is 0.499. The molecule has 33 heavy (non-hydrogen) atoms. The second kappa shape index (κ2) is 9.41.